The Morgan fingerprint density at radius 1 is 1.33 bits per heavy atom. The van der Waals surface area contributed by atoms with Crippen LogP contribution in [0.3, 0.4) is 0 Å². The van der Waals surface area contributed by atoms with Crippen LogP contribution in [-0.2, 0) is 4.74 Å². The van der Waals surface area contributed by atoms with Gasteiger partial charge in [0.15, 0.2) is 6.29 Å². The second-order valence-corrected chi connectivity index (χ2v) is 2.94. The molecule has 8 nitrogen and oxygen atoms in total. The number of hydrogen-bond donors (Lipinski definition) is 4. The maximum Gasteiger partial charge on any atom is 0.165 e. The van der Waals surface area contributed by atoms with Gasteiger partial charge in [-0.3, -0.25) is 0 Å². The van der Waals surface area contributed by atoms with E-state index in [1.165, 1.54) is 6.92 Å². The molecule has 0 aromatic rings. The fourth-order valence-electron chi connectivity index (χ4n) is 0.829. The van der Waals surface area contributed by atoms with Gasteiger partial charge in [-0.05, 0) is 12.5 Å². The molecule has 4 atom stereocenters. The van der Waals surface area contributed by atoms with Gasteiger partial charge in [-0.15, -0.1) is 0 Å². The molecule has 0 rings (SSSR count). The Kier molecular flexibility index (Phi) is 6.97. The van der Waals surface area contributed by atoms with Crippen molar-refractivity contribution in [2.24, 2.45) is 5.11 Å². The van der Waals surface area contributed by atoms with E-state index in [0.29, 0.717) is 0 Å². The lowest BCUT2D eigenvalue weighted by Gasteiger charge is -2.24. The molecule has 0 aromatic carbocycles. The van der Waals surface area contributed by atoms with Gasteiger partial charge in [0.05, 0.1) is 19.3 Å². The van der Waals surface area contributed by atoms with Crippen LogP contribution < -0.4 is 0 Å². The molecule has 0 radical (unpaired) electrons. The molecule has 0 aliphatic rings. The Bertz CT molecular complexity index is 219. The molecule has 15 heavy (non-hydrogen) atoms. The molecule has 0 aliphatic carbocycles. The summed E-state index contributed by atoms with van der Waals surface area (Å²) in [5.74, 6) is 0. The predicted molar refractivity (Wildman–Crippen MR) is 49.7 cm³/mol. The third-order valence-corrected chi connectivity index (χ3v) is 1.75. The molecule has 0 fully saturated rings. The molecule has 2 unspecified atom stereocenters. The maximum atomic E-state index is 9.32. The average Bonchev–Trinajstić information content (AvgIpc) is 2.21. The lowest BCUT2D eigenvalue weighted by molar-refractivity contribution is -0.184. The first kappa shape index (κ1) is 14.1. The Balaban J connectivity index is 4.30. The molecule has 0 spiro atoms. The van der Waals surface area contributed by atoms with E-state index in [1.54, 1.807) is 0 Å². The molecular formula is C7H15N3O5. The molecule has 0 aliphatic heterocycles. The van der Waals surface area contributed by atoms with Crippen LogP contribution in [0, 0.1) is 0 Å². The fourth-order valence-corrected chi connectivity index (χ4v) is 0.829. The van der Waals surface area contributed by atoms with Gasteiger partial charge in [0.2, 0.25) is 0 Å². The number of azide groups is 1. The third-order valence-electron chi connectivity index (χ3n) is 1.75. The highest BCUT2D eigenvalue weighted by Crippen LogP contribution is 2.07. The molecule has 0 saturated heterocycles. The molecule has 0 saturated carbocycles. The Morgan fingerprint density at radius 2 is 1.93 bits per heavy atom. The molecule has 88 valence electrons. The first-order chi connectivity index (χ1) is 7.06. The summed E-state index contributed by atoms with van der Waals surface area (Å²) in [5, 5.41) is 39.0. The van der Waals surface area contributed by atoms with Crippen LogP contribution in [0.25, 0.3) is 10.4 Å². The van der Waals surface area contributed by atoms with Gasteiger partial charge in [-0.1, -0.05) is 5.11 Å². The van der Waals surface area contributed by atoms with E-state index in [1.807, 2.05) is 0 Å². The van der Waals surface area contributed by atoms with E-state index in [9.17, 15) is 5.11 Å². The largest absolute Gasteiger partial charge is 0.396 e. The SMILES string of the molecule is C[C@@H](O)C(CO)OC(O)[C@H](CO)N=[N+]=[N-]. The zero-order valence-electron chi connectivity index (χ0n) is 8.26. The number of ether oxygens (including phenoxy) is 1. The van der Waals surface area contributed by atoms with Crippen molar-refractivity contribution in [3.63, 3.8) is 0 Å². The van der Waals surface area contributed by atoms with Gasteiger partial charge in [0.1, 0.15) is 12.1 Å². The van der Waals surface area contributed by atoms with Crippen LogP contribution in [0.4, 0.5) is 0 Å². The van der Waals surface area contributed by atoms with Crippen molar-refractivity contribution in [1.29, 1.82) is 0 Å². The average molecular weight is 221 g/mol. The number of nitrogens with zero attached hydrogens (tertiary/aromatic N) is 3. The first-order valence-electron chi connectivity index (χ1n) is 4.34. The van der Waals surface area contributed by atoms with Crippen molar-refractivity contribution in [1.82, 2.24) is 0 Å². The highest BCUT2D eigenvalue weighted by molar-refractivity contribution is 4.72. The molecule has 0 aromatic heterocycles. The standard InChI is InChI=1S/C7H15N3O5/c1-4(13)6(3-12)15-7(14)5(2-11)9-10-8/h4-7,11-14H,2-3H2,1H3/t4-,5+,6?,7?/m1/s1. The van der Waals surface area contributed by atoms with Crippen molar-refractivity contribution in [3.05, 3.63) is 10.4 Å². The zero-order valence-corrected chi connectivity index (χ0v) is 8.26. The van der Waals surface area contributed by atoms with Crippen molar-refractivity contribution in [2.75, 3.05) is 13.2 Å². The van der Waals surface area contributed by atoms with Gasteiger partial charge in [0.25, 0.3) is 0 Å². The summed E-state index contributed by atoms with van der Waals surface area (Å²) < 4.78 is 4.80. The zero-order chi connectivity index (χ0) is 11.8. The maximum absolute atomic E-state index is 9.32. The minimum Gasteiger partial charge on any atom is -0.396 e. The van der Waals surface area contributed by atoms with Gasteiger partial charge >= 0.3 is 0 Å². The Labute approximate surface area is 86.4 Å². The lowest BCUT2D eigenvalue weighted by Crippen LogP contribution is -2.39. The number of aliphatic hydroxyl groups is 4. The minimum atomic E-state index is -1.57. The number of hydrogen-bond acceptors (Lipinski definition) is 6. The monoisotopic (exact) mass is 221 g/mol. The summed E-state index contributed by atoms with van der Waals surface area (Å²) in [5.41, 5.74) is 8.10. The number of rotatable bonds is 7. The molecule has 8 heteroatoms. The van der Waals surface area contributed by atoms with Crippen molar-refractivity contribution in [3.8, 4) is 0 Å². The molecular weight excluding hydrogens is 206 g/mol. The second-order valence-electron chi connectivity index (χ2n) is 2.94. The Morgan fingerprint density at radius 3 is 2.27 bits per heavy atom. The van der Waals surface area contributed by atoms with Crippen molar-refractivity contribution < 1.29 is 25.2 Å². The van der Waals surface area contributed by atoms with Crippen molar-refractivity contribution >= 4 is 0 Å². The molecule has 0 amide bonds. The summed E-state index contributed by atoms with van der Waals surface area (Å²) in [7, 11) is 0. The molecule has 0 heterocycles. The minimum absolute atomic E-state index is 0.497. The lowest BCUT2D eigenvalue weighted by atomic mass is 10.2. The quantitative estimate of drug-likeness (QED) is 0.184. The topological polar surface area (TPSA) is 139 Å². The Hall–Kier alpha value is -0.890. The number of aliphatic hydroxyl groups excluding tert-OH is 4. The smallest absolute Gasteiger partial charge is 0.165 e. The summed E-state index contributed by atoms with van der Waals surface area (Å²) in [6.07, 6.45) is -3.56. The van der Waals surface area contributed by atoms with Gasteiger partial charge < -0.3 is 25.2 Å². The summed E-state index contributed by atoms with van der Waals surface area (Å²) >= 11 is 0. The third kappa shape index (κ3) is 4.93. The summed E-state index contributed by atoms with van der Waals surface area (Å²) in [6.45, 7) is 0.279. The molecule has 0 bridgehead atoms. The van der Waals surface area contributed by atoms with Gasteiger partial charge in [0, 0.05) is 4.91 Å². The highest BCUT2D eigenvalue weighted by Gasteiger charge is 2.24. The molecule has 4 N–H and O–H groups in total. The second kappa shape index (κ2) is 7.41. The highest BCUT2D eigenvalue weighted by atomic mass is 16.6. The van der Waals surface area contributed by atoms with Crippen LogP contribution in [0.15, 0.2) is 5.11 Å². The first-order valence-corrected chi connectivity index (χ1v) is 4.34. The van der Waals surface area contributed by atoms with Crippen LogP contribution in [0.2, 0.25) is 0 Å². The van der Waals surface area contributed by atoms with E-state index in [2.05, 4.69) is 10.0 Å². The summed E-state index contributed by atoms with van der Waals surface area (Å²) in [4.78, 5) is 2.41. The van der Waals surface area contributed by atoms with Gasteiger partial charge in [-0.2, -0.15) is 0 Å². The van der Waals surface area contributed by atoms with Crippen LogP contribution in [-0.4, -0.2) is 58.2 Å². The van der Waals surface area contributed by atoms with E-state index in [0.717, 1.165) is 0 Å². The predicted octanol–water partition coefficient (Wildman–Crippen LogP) is -1.27. The van der Waals surface area contributed by atoms with E-state index < -0.39 is 37.8 Å². The van der Waals surface area contributed by atoms with E-state index >= 15 is 0 Å². The van der Waals surface area contributed by atoms with Crippen molar-refractivity contribution in [2.45, 2.75) is 31.5 Å². The van der Waals surface area contributed by atoms with Crippen LogP contribution in [0.1, 0.15) is 6.92 Å². The fraction of sp³-hybridized carbons (Fsp3) is 1.00. The summed E-state index contributed by atoms with van der Waals surface area (Å²) in [6, 6.07) is -1.16. The normalized spacial score (nSPS) is 18.7. The van der Waals surface area contributed by atoms with E-state index in [-0.39, 0.29) is 0 Å². The van der Waals surface area contributed by atoms with Crippen LogP contribution >= 0.6 is 0 Å². The van der Waals surface area contributed by atoms with Gasteiger partial charge in [-0.25, -0.2) is 0 Å². The van der Waals surface area contributed by atoms with E-state index in [4.69, 9.17) is 25.6 Å². The van der Waals surface area contributed by atoms with Crippen LogP contribution in [0.5, 0.6) is 0 Å².